The zero-order chi connectivity index (χ0) is 55.7. The van der Waals surface area contributed by atoms with Gasteiger partial charge in [-0.1, -0.05) is 288 Å². The molecule has 5 heteroatoms. The highest BCUT2D eigenvalue weighted by Gasteiger charge is 2.20. The number of rotatable bonds is 3. The monoisotopic (exact) mass is 1200 g/mol. The summed E-state index contributed by atoms with van der Waals surface area (Å²) in [6.07, 6.45) is 0. The fraction of sp³-hybridized carbons (Fsp3) is 0.0127. The van der Waals surface area contributed by atoms with Crippen LogP contribution >= 0.6 is 31.9 Å². The third kappa shape index (κ3) is 8.95. The Hall–Kier alpha value is -9.20. The highest BCUT2D eigenvalue weighted by Crippen LogP contribution is 2.46. The zero-order valence-electron chi connectivity index (χ0n) is 44.9. The Morgan fingerprint density at radius 1 is 0.202 bits per heavy atom. The van der Waals surface area contributed by atoms with Crippen LogP contribution in [0.5, 0.6) is 0 Å². The standard InChI is InChI=1S/C46H28.C18H10Br2.C14H11BO2.CH4/c1-3-15-31-29(13-1)25-41(35-19-7-5-17-33(31)35)43-27-45-40-24-12-10-22-38(40)44(28-46(45)39-23-11-9-21-37(39)43)42-26-30-14-2-4-16-32(30)34-18-6-8-20-36(34)42;19-17-10-16-12-6-2-4-8-14(12)18(20)9-15(16)11-5-1-3-7-13(11)17;16-15(17)14-9-10-5-1-2-6-11(10)12-7-3-4-8-13(12)14;/h1-28H;1-10H;1-9,16-17H;1H4. The SMILES string of the molecule is Brc1cc2c3ccccc3c(Br)cc2c2ccccc12.C.OB(O)c1cc2ccccc2c2ccccc12.c1ccc2c(c1)cc(-c1cc3c4ccccc4c(-c4cc5ccccc5c5ccccc45)cc3c3ccccc13)c1ccccc12. The van der Waals surface area contributed by atoms with Crippen molar-refractivity contribution in [2.75, 3.05) is 0 Å². The summed E-state index contributed by atoms with van der Waals surface area (Å²) in [7, 11) is -1.44. The van der Waals surface area contributed by atoms with E-state index >= 15 is 0 Å². The molecule has 0 radical (unpaired) electrons. The van der Waals surface area contributed by atoms with Gasteiger partial charge in [-0.3, -0.25) is 0 Å². The molecule has 17 rings (SSSR count). The van der Waals surface area contributed by atoms with Gasteiger partial charge in [0.25, 0.3) is 0 Å². The maximum absolute atomic E-state index is 9.44. The largest absolute Gasteiger partial charge is 0.489 e. The van der Waals surface area contributed by atoms with E-state index in [-0.39, 0.29) is 7.43 Å². The smallest absolute Gasteiger partial charge is 0.423 e. The molecular weight excluding hydrogens is 1150 g/mol. The van der Waals surface area contributed by atoms with Crippen LogP contribution in [0, 0.1) is 0 Å². The number of fused-ring (bicyclic) bond motifs is 19. The van der Waals surface area contributed by atoms with Gasteiger partial charge in [0.05, 0.1) is 0 Å². The summed E-state index contributed by atoms with van der Waals surface area (Å²) in [5.41, 5.74) is 5.67. The molecule has 0 unspecified atom stereocenters. The Bertz CT molecular complexity index is 5200. The number of hydrogen-bond donors (Lipinski definition) is 2. The number of hydrogen-bond acceptors (Lipinski definition) is 2. The summed E-state index contributed by atoms with van der Waals surface area (Å²) < 4.78 is 2.29. The molecule has 0 saturated carbocycles. The number of halogens is 2. The van der Waals surface area contributed by atoms with E-state index in [1.165, 1.54) is 130 Å². The lowest BCUT2D eigenvalue weighted by molar-refractivity contribution is 0.426. The van der Waals surface area contributed by atoms with Gasteiger partial charge in [-0.05, 0) is 193 Å². The van der Waals surface area contributed by atoms with E-state index in [4.69, 9.17) is 0 Å². The average Bonchev–Trinajstić information content (AvgIpc) is 1.53. The highest BCUT2D eigenvalue weighted by molar-refractivity contribution is 9.11. The molecule has 0 aromatic heterocycles. The van der Waals surface area contributed by atoms with Crippen LogP contribution in [0.3, 0.4) is 0 Å². The quantitative estimate of drug-likeness (QED) is 0.137. The molecule has 0 saturated heterocycles. The van der Waals surface area contributed by atoms with Gasteiger partial charge in [0.15, 0.2) is 0 Å². The average molecular weight is 1200 g/mol. The summed E-state index contributed by atoms with van der Waals surface area (Å²) in [4.78, 5) is 0. The van der Waals surface area contributed by atoms with Crippen LogP contribution < -0.4 is 5.46 Å². The maximum Gasteiger partial charge on any atom is 0.489 e. The molecule has 84 heavy (non-hydrogen) atoms. The highest BCUT2D eigenvalue weighted by atomic mass is 79.9. The van der Waals surface area contributed by atoms with Crippen molar-refractivity contribution in [3.63, 3.8) is 0 Å². The first-order valence-electron chi connectivity index (χ1n) is 28.0. The van der Waals surface area contributed by atoms with Crippen LogP contribution in [0.1, 0.15) is 7.43 Å². The lowest BCUT2D eigenvalue weighted by Gasteiger charge is -2.19. The Kier molecular flexibility index (Phi) is 13.7. The molecular formula is C79H53BBr2O2. The van der Waals surface area contributed by atoms with Crippen molar-refractivity contribution in [3.05, 3.63) is 294 Å². The Labute approximate surface area is 503 Å². The fourth-order valence-corrected chi connectivity index (χ4v) is 14.3. The minimum absolute atomic E-state index is 0. The fourth-order valence-electron chi connectivity index (χ4n) is 13.1. The molecule has 0 spiro atoms. The summed E-state index contributed by atoms with van der Waals surface area (Å²) in [6.45, 7) is 0. The van der Waals surface area contributed by atoms with E-state index in [9.17, 15) is 10.0 Å². The van der Waals surface area contributed by atoms with E-state index in [0.717, 1.165) is 30.5 Å². The Morgan fingerprint density at radius 3 is 0.750 bits per heavy atom. The van der Waals surface area contributed by atoms with Gasteiger partial charge in [-0.25, -0.2) is 0 Å². The molecule has 0 atom stereocenters. The molecule has 2 nitrogen and oxygen atoms in total. The normalized spacial score (nSPS) is 11.5. The molecule has 17 aromatic rings. The number of benzene rings is 17. The Morgan fingerprint density at radius 2 is 0.417 bits per heavy atom. The maximum atomic E-state index is 9.44. The first-order valence-corrected chi connectivity index (χ1v) is 29.6. The molecule has 17 aromatic carbocycles. The molecule has 0 aliphatic rings. The van der Waals surface area contributed by atoms with Crippen LogP contribution in [0.15, 0.2) is 294 Å². The second-order valence-electron chi connectivity index (χ2n) is 21.4. The summed E-state index contributed by atoms with van der Waals surface area (Å²) >= 11 is 7.42. The second kappa shape index (κ2) is 21.9. The van der Waals surface area contributed by atoms with E-state index in [0.29, 0.717) is 5.46 Å². The molecule has 0 amide bonds. The predicted octanol–water partition coefficient (Wildman–Crippen LogP) is 22.1. The molecule has 0 heterocycles. The summed E-state index contributed by atoms with van der Waals surface area (Å²) in [6, 6.07) is 102. The predicted molar refractivity (Wildman–Crippen MR) is 372 cm³/mol. The summed E-state index contributed by atoms with van der Waals surface area (Å²) in [5.74, 6) is 0. The Balaban J connectivity index is 0.000000135. The van der Waals surface area contributed by atoms with Gasteiger partial charge >= 0.3 is 7.12 Å². The zero-order valence-corrected chi connectivity index (χ0v) is 48.0. The van der Waals surface area contributed by atoms with Crippen LogP contribution in [0.4, 0.5) is 0 Å². The molecule has 0 aliphatic heterocycles. The van der Waals surface area contributed by atoms with Crippen molar-refractivity contribution in [1.29, 1.82) is 0 Å². The first-order chi connectivity index (χ1) is 40.9. The van der Waals surface area contributed by atoms with Crippen LogP contribution in [0.25, 0.3) is 152 Å². The lowest BCUT2D eigenvalue weighted by Crippen LogP contribution is -2.30. The second-order valence-corrected chi connectivity index (χ2v) is 23.1. The van der Waals surface area contributed by atoms with Crippen molar-refractivity contribution >= 4 is 174 Å². The van der Waals surface area contributed by atoms with Gasteiger partial charge in [0.2, 0.25) is 0 Å². The topological polar surface area (TPSA) is 40.5 Å². The molecule has 0 aliphatic carbocycles. The van der Waals surface area contributed by atoms with Gasteiger partial charge in [0, 0.05) is 8.95 Å². The van der Waals surface area contributed by atoms with E-state index in [1.54, 1.807) is 0 Å². The van der Waals surface area contributed by atoms with Crippen molar-refractivity contribution in [2.45, 2.75) is 7.43 Å². The third-order valence-corrected chi connectivity index (χ3v) is 18.2. The lowest BCUT2D eigenvalue weighted by atomic mass is 9.76. The minimum Gasteiger partial charge on any atom is -0.423 e. The molecule has 0 bridgehead atoms. The van der Waals surface area contributed by atoms with Gasteiger partial charge in [-0.15, -0.1) is 0 Å². The van der Waals surface area contributed by atoms with E-state index in [2.05, 4.69) is 262 Å². The molecule has 2 N–H and O–H groups in total. The third-order valence-electron chi connectivity index (χ3n) is 16.9. The van der Waals surface area contributed by atoms with Gasteiger partial charge in [-0.2, -0.15) is 0 Å². The van der Waals surface area contributed by atoms with Crippen molar-refractivity contribution in [2.24, 2.45) is 0 Å². The molecule has 0 fully saturated rings. The van der Waals surface area contributed by atoms with Crippen LogP contribution in [0.2, 0.25) is 0 Å². The van der Waals surface area contributed by atoms with Crippen LogP contribution in [-0.2, 0) is 0 Å². The van der Waals surface area contributed by atoms with Crippen molar-refractivity contribution < 1.29 is 10.0 Å². The van der Waals surface area contributed by atoms with Crippen molar-refractivity contribution in [3.8, 4) is 22.3 Å². The minimum atomic E-state index is -1.44. The van der Waals surface area contributed by atoms with Crippen LogP contribution in [-0.4, -0.2) is 17.2 Å². The van der Waals surface area contributed by atoms with E-state index in [1.807, 2.05) is 54.6 Å². The first kappa shape index (κ1) is 52.9. The summed E-state index contributed by atoms with van der Waals surface area (Å²) in [5, 5.41) is 48.6. The van der Waals surface area contributed by atoms with Gasteiger partial charge in [0.1, 0.15) is 0 Å². The van der Waals surface area contributed by atoms with E-state index < -0.39 is 7.12 Å². The van der Waals surface area contributed by atoms with Crippen molar-refractivity contribution in [1.82, 2.24) is 0 Å². The molecule has 398 valence electrons. The van der Waals surface area contributed by atoms with Gasteiger partial charge < -0.3 is 10.0 Å².